The summed E-state index contributed by atoms with van der Waals surface area (Å²) in [6.07, 6.45) is 6.09. The van der Waals surface area contributed by atoms with Crippen molar-refractivity contribution in [3.05, 3.63) is 36.1 Å². The standard InChI is InChI=1S/C18H23NO2/c1-2-7-15-9-5-6-11-19(15)13-16(20)18-12-14-8-3-4-10-17(14)21-18/h3-4,8,10,12,15H,2,5-7,9,11,13H2,1H3. The Morgan fingerprint density at radius 1 is 1.33 bits per heavy atom. The van der Waals surface area contributed by atoms with Gasteiger partial charge < -0.3 is 4.42 Å². The Balaban J connectivity index is 1.72. The number of Topliss-reactive ketones (excluding diaryl/α,β-unsaturated/α-hetero) is 1. The molecule has 2 heterocycles. The van der Waals surface area contributed by atoms with Gasteiger partial charge in [0.05, 0.1) is 6.54 Å². The highest BCUT2D eigenvalue weighted by atomic mass is 16.3. The lowest BCUT2D eigenvalue weighted by Gasteiger charge is -2.34. The molecule has 0 amide bonds. The fraction of sp³-hybridized carbons (Fsp3) is 0.500. The fourth-order valence-electron chi connectivity index (χ4n) is 3.31. The maximum Gasteiger partial charge on any atom is 0.211 e. The van der Waals surface area contributed by atoms with Crippen molar-refractivity contribution in [3.63, 3.8) is 0 Å². The van der Waals surface area contributed by atoms with Crippen LogP contribution in [0.25, 0.3) is 11.0 Å². The van der Waals surface area contributed by atoms with Crippen LogP contribution in [0.1, 0.15) is 49.6 Å². The Kier molecular flexibility index (Phi) is 4.39. The van der Waals surface area contributed by atoms with E-state index in [4.69, 9.17) is 4.42 Å². The van der Waals surface area contributed by atoms with Crippen LogP contribution >= 0.6 is 0 Å². The van der Waals surface area contributed by atoms with Gasteiger partial charge in [0.15, 0.2) is 5.76 Å². The Morgan fingerprint density at radius 3 is 3.00 bits per heavy atom. The highest BCUT2D eigenvalue weighted by molar-refractivity contribution is 5.98. The van der Waals surface area contributed by atoms with E-state index < -0.39 is 0 Å². The lowest BCUT2D eigenvalue weighted by atomic mass is 9.98. The zero-order chi connectivity index (χ0) is 14.7. The first-order valence-corrected chi connectivity index (χ1v) is 8.03. The van der Waals surface area contributed by atoms with Gasteiger partial charge in [-0.15, -0.1) is 0 Å². The van der Waals surface area contributed by atoms with Gasteiger partial charge in [0.25, 0.3) is 0 Å². The van der Waals surface area contributed by atoms with Gasteiger partial charge in [-0.2, -0.15) is 0 Å². The van der Waals surface area contributed by atoms with Gasteiger partial charge in [0.2, 0.25) is 5.78 Å². The smallest absolute Gasteiger partial charge is 0.211 e. The van der Waals surface area contributed by atoms with E-state index >= 15 is 0 Å². The molecule has 3 rings (SSSR count). The van der Waals surface area contributed by atoms with Crippen LogP contribution in [-0.4, -0.2) is 29.8 Å². The minimum absolute atomic E-state index is 0.106. The molecule has 0 N–H and O–H groups in total. The average Bonchev–Trinajstić information content (AvgIpc) is 2.93. The summed E-state index contributed by atoms with van der Waals surface area (Å²) in [5.41, 5.74) is 0.796. The quantitative estimate of drug-likeness (QED) is 0.769. The molecular weight excluding hydrogens is 262 g/mol. The molecule has 1 unspecified atom stereocenters. The summed E-state index contributed by atoms with van der Waals surface area (Å²) >= 11 is 0. The number of rotatable bonds is 5. The molecule has 0 spiro atoms. The molecule has 0 radical (unpaired) electrons. The third kappa shape index (κ3) is 3.18. The number of nitrogens with zero attached hydrogens (tertiary/aromatic N) is 1. The number of hydrogen-bond donors (Lipinski definition) is 0. The second kappa shape index (κ2) is 6.44. The predicted octanol–water partition coefficient (Wildman–Crippen LogP) is 4.27. The van der Waals surface area contributed by atoms with E-state index in [0.717, 1.165) is 17.5 Å². The van der Waals surface area contributed by atoms with E-state index in [1.807, 2.05) is 30.3 Å². The Bertz CT molecular complexity index is 581. The average molecular weight is 285 g/mol. The summed E-state index contributed by atoms with van der Waals surface area (Å²) < 4.78 is 5.69. The van der Waals surface area contributed by atoms with Crippen molar-refractivity contribution in [2.75, 3.05) is 13.1 Å². The monoisotopic (exact) mass is 285 g/mol. The van der Waals surface area contributed by atoms with Crippen molar-refractivity contribution in [2.45, 2.75) is 45.1 Å². The van der Waals surface area contributed by atoms with Crippen LogP contribution in [0.2, 0.25) is 0 Å². The maximum atomic E-state index is 12.5. The molecule has 1 aromatic heterocycles. The first-order valence-electron chi connectivity index (χ1n) is 8.03. The van der Waals surface area contributed by atoms with E-state index in [1.54, 1.807) is 0 Å². The number of likely N-dealkylation sites (tertiary alicyclic amines) is 1. The molecule has 1 atom stereocenters. The molecular formula is C18H23NO2. The summed E-state index contributed by atoms with van der Waals surface area (Å²) in [5, 5.41) is 1.00. The number of furan rings is 1. The lowest BCUT2D eigenvalue weighted by Crippen LogP contribution is -2.42. The molecule has 0 saturated carbocycles. The van der Waals surface area contributed by atoms with Gasteiger partial charge in [0.1, 0.15) is 5.58 Å². The van der Waals surface area contributed by atoms with Crippen LogP contribution in [0.4, 0.5) is 0 Å². The van der Waals surface area contributed by atoms with Crippen LogP contribution in [-0.2, 0) is 0 Å². The molecule has 0 bridgehead atoms. The molecule has 3 heteroatoms. The largest absolute Gasteiger partial charge is 0.453 e. The van der Waals surface area contributed by atoms with E-state index in [9.17, 15) is 4.79 Å². The first-order chi connectivity index (χ1) is 10.3. The minimum atomic E-state index is 0.106. The summed E-state index contributed by atoms with van der Waals surface area (Å²) in [6.45, 7) is 3.75. The van der Waals surface area contributed by atoms with Crippen molar-refractivity contribution in [1.82, 2.24) is 4.90 Å². The summed E-state index contributed by atoms with van der Waals surface area (Å²) in [5.74, 6) is 0.603. The number of fused-ring (bicyclic) bond motifs is 1. The minimum Gasteiger partial charge on any atom is -0.453 e. The SMILES string of the molecule is CCCC1CCCCN1CC(=O)c1cc2ccccc2o1. The Labute approximate surface area is 125 Å². The first kappa shape index (κ1) is 14.3. The van der Waals surface area contributed by atoms with Crippen molar-refractivity contribution >= 4 is 16.8 Å². The third-order valence-corrected chi connectivity index (χ3v) is 4.42. The lowest BCUT2D eigenvalue weighted by molar-refractivity contribution is 0.0807. The molecule has 2 aromatic rings. The molecule has 1 saturated heterocycles. The van der Waals surface area contributed by atoms with Crippen LogP contribution in [0.5, 0.6) is 0 Å². The summed E-state index contributed by atoms with van der Waals surface area (Å²) in [7, 11) is 0. The van der Waals surface area contributed by atoms with Gasteiger partial charge >= 0.3 is 0 Å². The van der Waals surface area contributed by atoms with Gasteiger partial charge in [0, 0.05) is 11.4 Å². The maximum absolute atomic E-state index is 12.5. The van der Waals surface area contributed by atoms with E-state index in [2.05, 4.69) is 11.8 Å². The number of carbonyl (C=O) groups is 1. The van der Waals surface area contributed by atoms with Crippen LogP contribution in [0, 0.1) is 0 Å². The van der Waals surface area contributed by atoms with Gasteiger partial charge in [-0.05, 0) is 37.9 Å². The van der Waals surface area contributed by atoms with Gasteiger partial charge in [-0.25, -0.2) is 0 Å². The van der Waals surface area contributed by atoms with Crippen LogP contribution in [0.3, 0.4) is 0 Å². The van der Waals surface area contributed by atoms with Gasteiger partial charge in [-0.1, -0.05) is 38.0 Å². The normalized spacial score (nSPS) is 20.0. The molecule has 1 fully saturated rings. The zero-order valence-corrected chi connectivity index (χ0v) is 12.7. The van der Waals surface area contributed by atoms with Crippen molar-refractivity contribution in [2.24, 2.45) is 0 Å². The molecule has 0 aliphatic carbocycles. The van der Waals surface area contributed by atoms with Crippen LogP contribution in [0.15, 0.2) is 34.7 Å². The highest BCUT2D eigenvalue weighted by Gasteiger charge is 2.25. The van der Waals surface area contributed by atoms with Crippen LogP contribution < -0.4 is 0 Å². The number of ketones is 1. The topological polar surface area (TPSA) is 33.5 Å². The number of carbonyl (C=O) groups excluding carboxylic acids is 1. The molecule has 112 valence electrons. The van der Waals surface area contributed by atoms with Gasteiger partial charge in [-0.3, -0.25) is 9.69 Å². The molecule has 3 nitrogen and oxygen atoms in total. The molecule has 21 heavy (non-hydrogen) atoms. The molecule has 1 aliphatic heterocycles. The zero-order valence-electron chi connectivity index (χ0n) is 12.7. The fourth-order valence-corrected chi connectivity index (χ4v) is 3.31. The second-order valence-corrected chi connectivity index (χ2v) is 5.98. The van der Waals surface area contributed by atoms with Crippen molar-refractivity contribution < 1.29 is 9.21 Å². The second-order valence-electron chi connectivity index (χ2n) is 5.98. The molecule has 1 aliphatic rings. The highest BCUT2D eigenvalue weighted by Crippen LogP contribution is 2.23. The number of benzene rings is 1. The number of piperidine rings is 1. The van der Waals surface area contributed by atoms with E-state index in [1.165, 1.54) is 32.1 Å². The van der Waals surface area contributed by atoms with E-state index in [0.29, 0.717) is 18.3 Å². The number of hydrogen-bond acceptors (Lipinski definition) is 3. The summed E-state index contributed by atoms with van der Waals surface area (Å²) in [6, 6.07) is 10.2. The molecule has 1 aromatic carbocycles. The number of para-hydroxylation sites is 1. The Hall–Kier alpha value is -1.61. The van der Waals surface area contributed by atoms with Crippen molar-refractivity contribution in [3.8, 4) is 0 Å². The summed E-state index contributed by atoms with van der Waals surface area (Å²) in [4.78, 5) is 14.8. The third-order valence-electron chi connectivity index (χ3n) is 4.42. The van der Waals surface area contributed by atoms with Crippen molar-refractivity contribution in [1.29, 1.82) is 0 Å². The Morgan fingerprint density at radius 2 is 2.19 bits per heavy atom. The van der Waals surface area contributed by atoms with E-state index in [-0.39, 0.29) is 5.78 Å². The predicted molar refractivity (Wildman–Crippen MR) is 84.7 cm³/mol.